The van der Waals surface area contributed by atoms with Gasteiger partial charge in [0.2, 0.25) is 5.91 Å². The second-order valence-electron chi connectivity index (χ2n) is 6.69. The summed E-state index contributed by atoms with van der Waals surface area (Å²) in [5.74, 6) is -1.88. The summed E-state index contributed by atoms with van der Waals surface area (Å²) in [4.78, 5) is 24.1. The minimum Gasteiger partial charge on any atom is -0.481 e. The summed E-state index contributed by atoms with van der Waals surface area (Å²) in [6.07, 6.45) is 0.198. The number of aromatic nitrogens is 4. The zero-order chi connectivity index (χ0) is 21.0. The number of aliphatic carboxylic acids is 1. The Morgan fingerprint density at radius 2 is 1.93 bits per heavy atom. The van der Waals surface area contributed by atoms with Crippen molar-refractivity contribution >= 4 is 17.6 Å². The lowest BCUT2D eigenvalue weighted by Gasteiger charge is -2.18. The zero-order valence-electron chi connectivity index (χ0n) is 15.9. The first kappa shape index (κ1) is 20.1. The van der Waals surface area contributed by atoms with Gasteiger partial charge in [-0.15, -0.1) is 5.10 Å². The summed E-state index contributed by atoms with van der Waals surface area (Å²) in [5.41, 5.74) is 1.76. The average molecular weight is 397 g/mol. The normalized spacial score (nSPS) is 12.9. The van der Waals surface area contributed by atoms with Gasteiger partial charge in [-0.25, -0.2) is 9.07 Å². The standard InChI is InChI=1S/C20H20FN5O3/c1-12(20(28)29)15-6-8-17(9-7-15)22-19(27)18(26-13(2)23-24-25-26)11-14-4-3-5-16(21)10-14/h3-10,12,18H,11H2,1-2H3,(H,22,27)(H,28,29). The molecule has 9 heteroatoms. The smallest absolute Gasteiger partial charge is 0.310 e. The van der Waals surface area contributed by atoms with Crippen LogP contribution in [0.25, 0.3) is 0 Å². The molecule has 1 amide bonds. The van der Waals surface area contributed by atoms with Crippen LogP contribution in [0.4, 0.5) is 10.1 Å². The van der Waals surface area contributed by atoms with Gasteiger partial charge in [-0.2, -0.15) is 0 Å². The highest BCUT2D eigenvalue weighted by molar-refractivity contribution is 5.94. The van der Waals surface area contributed by atoms with Crippen molar-refractivity contribution in [3.05, 3.63) is 71.3 Å². The van der Waals surface area contributed by atoms with Crippen molar-refractivity contribution in [3.63, 3.8) is 0 Å². The number of carbonyl (C=O) groups is 2. The summed E-state index contributed by atoms with van der Waals surface area (Å²) in [5, 5.41) is 23.2. The lowest BCUT2D eigenvalue weighted by atomic mass is 10.0. The zero-order valence-corrected chi connectivity index (χ0v) is 15.9. The molecule has 29 heavy (non-hydrogen) atoms. The van der Waals surface area contributed by atoms with Gasteiger partial charge in [-0.3, -0.25) is 9.59 Å². The number of carboxylic acid groups (broad SMARTS) is 1. The Balaban J connectivity index is 1.81. The summed E-state index contributed by atoms with van der Waals surface area (Å²) >= 11 is 0. The third kappa shape index (κ3) is 4.81. The SMILES string of the molecule is Cc1nnnn1C(Cc1cccc(F)c1)C(=O)Nc1ccc(C(C)C(=O)O)cc1. The second kappa shape index (κ2) is 8.59. The Bertz CT molecular complexity index is 1020. The summed E-state index contributed by atoms with van der Waals surface area (Å²) < 4.78 is 14.9. The van der Waals surface area contributed by atoms with Crippen molar-refractivity contribution in [3.8, 4) is 0 Å². The van der Waals surface area contributed by atoms with E-state index in [-0.39, 0.29) is 12.3 Å². The molecule has 1 aromatic heterocycles. The minimum absolute atomic E-state index is 0.198. The molecule has 0 saturated carbocycles. The Kier molecular flexibility index (Phi) is 5.96. The van der Waals surface area contributed by atoms with E-state index in [2.05, 4.69) is 20.8 Å². The Morgan fingerprint density at radius 3 is 2.52 bits per heavy atom. The lowest BCUT2D eigenvalue weighted by molar-refractivity contribution is -0.138. The quantitative estimate of drug-likeness (QED) is 0.634. The fourth-order valence-corrected chi connectivity index (χ4v) is 2.93. The molecule has 0 aliphatic rings. The maximum atomic E-state index is 13.6. The number of anilines is 1. The van der Waals surface area contributed by atoms with Crippen LogP contribution in [0.2, 0.25) is 0 Å². The Hall–Kier alpha value is -3.62. The molecule has 150 valence electrons. The van der Waals surface area contributed by atoms with Crippen molar-refractivity contribution in [2.75, 3.05) is 5.32 Å². The van der Waals surface area contributed by atoms with E-state index in [1.54, 1.807) is 50.2 Å². The predicted octanol–water partition coefficient (Wildman–Crippen LogP) is 2.73. The third-order valence-corrected chi connectivity index (χ3v) is 4.62. The third-order valence-electron chi connectivity index (χ3n) is 4.62. The molecule has 3 rings (SSSR count). The molecule has 2 aromatic carbocycles. The lowest BCUT2D eigenvalue weighted by Crippen LogP contribution is -2.29. The number of rotatable bonds is 7. The fourth-order valence-electron chi connectivity index (χ4n) is 2.93. The van der Waals surface area contributed by atoms with Crippen LogP contribution in [0, 0.1) is 12.7 Å². The molecule has 0 saturated heterocycles. The molecule has 0 bridgehead atoms. The molecule has 3 aromatic rings. The van der Waals surface area contributed by atoms with Gasteiger partial charge in [-0.1, -0.05) is 24.3 Å². The number of hydrogen-bond acceptors (Lipinski definition) is 5. The number of carboxylic acids is 1. The van der Waals surface area contributed by atoms with Gasteiger partial charge in [0.05, 0.1) is 5.92 Å². The van der Waals surface area contributed by atoms with Crippen LogP contribution < -0.4 is 5.32 Å². The highest BCUT2D eigenvalue weighted by Gasteiger charge is 2.25. The van der Waals surface area contributed by atoms with Gasteiger partial charge < -0.3 is 10.4 Å². The van der Waals surface area contributed by atoms with E-state index >= 15 is 0 Å². The number of halogens is 1. The molecular formula is C20H20FN5O3. The first-order chi connectivity index (χ1) is 13.8. The van der Waals surface area contributed by atoms with E-state index in [0.29, 0.717) is 22.6 Å². The summed E-state index contributed by atoms with van der Waals surface area (Å²) in [7, 11) is 0. The molecule has 0 radical (unpaired) electrons. The number of tetrazole rings is 1. The van der Waals surface area contributed by atoms with Crippen molar-refractivity contribution in [1.82, 2.24) is 20.2 Å². The maximum Gasteiger partial charge on any atom is 0.310 e. The molecule has 0 spiro atoms. The number of amides is 1. The first-order valence-corrected chi connectivity index (χ1v) is 8.97. The van der Waals surface area contributed by atoms with E-state index in [1.165, 1.54) is 16.8 Å². The molecule has 2 atom stereocenters. The van der Waals surface area contributed by atoms with Gasteiger partial charge in [0, 0.05) is 12.1 Å². The van der Waals surface area contributed by atoms with Crippen LogP contribution in [0.1, 0.15) is 35.8 Å². The van der Waals surface area contributed by atoms with Gasteiger partial charge in [-0.05, 0) is 59.7 Å². The highest BCUT2D eigenvalue weighted by Crippen LogP contribution is 2.21. The number of nitrogens with one attached hydrogen (secondary N) is 1. The number of carbonyl (C=O) groups excluding carboxylic acids is 1. The predicted molar refractivity (Wildman–Crippen MR) is 103 cm³/mol. The Morgan fingerprint density at radius 1 is 1.21 bits per heavy atom. The molecule has 8 nitrogen and oxygen atoms in total. The largest absolute Gasteiger partial charge is 0.481 e. The van der Waals surface area contributed by atoms with Gasteiger partial charge in [0.15, 0.2) is 0 Å². The molecule has 2 unspecified atom stereocenters. The van der Waals surface area contributed by atoms with Crippen LogP contribution in [0.3, 0.4) is 0 Å². The molecule has 0 fully saturated rings. The minimum atomic E-state index is -0.925. The van der Waals surface area contributed by atoms with E-state index < -0.39 is 23.7 Å². The van der Waals surface area contributed by atoms with Crippen molar-refractivity contribution < 1.29 is 19.1 Å². The number of aryl methyl sites for hydroxylation is 1. The van der Waals surface area contributed by atoms with Gasteiger partial charge in [0.25, 0.3) is 0 Å². The van der Waals surface area contributed by atoms with E-state index in [1.807, 2.05) is 0 Å². The van der Waals surface area contributed by atoms with Crippen LogP contribution in [0.5, 0.6) is 0 Å². The molecule has 1 heterocycles. The van der Waals surface area contributed by atoms with E-state index in [9.17, 15) is 14.0 Å². The van der Waals surface area contributed by atoms with Crippen LogP contribution in [0.15, 0.2) is 48.5 Å². The number of hydrogen-bond donors (Lipinski definition) is 2. The topological polar surface area (TPSA) is 110 Å². The van der Waals surface area contributed by atoms with E-state index in [4.69, 9.17) is 5.11 Å². The second-order valence-corrected chi connectivity index (χ2v) is 6.69. The van der Waals surface area contributed by atoms with Crippen molar-refractivity contribution in [1.29, 1.82) is 0 Å². The monoisotopic (exact) mass is 397 g/mol. The van der Waals surface area contributed by atoms with Crippen molar-refractivity contribution in [2.45, 2.75) is 32.2 Å². The van der Waals surface area contributed by atoms with Crippen LogP contribution in [-0.4, -0.2) is 37.2 Å². The maximum absolute atomic E-state index is 13.6. The number of benzene rings is 2. The van der Waals surface area contributed by atoms with Gasteiger partial charge in [0.1, 0.15) is 17.7 Å². The molecule has 0 aliphatic heterocycles. The Labute approximate surface area is 166 Å². The first-order valence-electron chi connectivity index (χ1n) is 8.97. The van der Waals surface area contributed by atoms with Crippen LogP contribution >= 0.6 is 0 Å². The fraction of sp³-hybridized carbons (Fsp3) is 0.250. The molecule has 2 N–H and O–H groups in total. The van der Waals surface area contributed by atoms with Crippen molar-refractivity contribution in [2.24, 2.45) is 0 Å². The van der Waals surface area contributed by atoms with Crippen LogP contribution in [-0.2, 0) is 16.0 Å². The number of nitrogens with zero attached hydrogens (tertiary/aromatic N) is 4. The van der Waals surface area contributed by atoms with E-state index in [0.717, 1.165) is 0 Å². The molecular weight excluding hydrogens is 377 g/mol. The summed E-state index contributed by atoms with van der Waals surface area (Å²) in [6, 6.07) is 11.8. The summed E-state index contributed by atoms with van der Waals surface area (Å²) in [6.45, 7) is 3.26. The van der Waals surface area contributed by atoms with Gasteiger partial charge >= 0.3 is 5.97 Å². The highest BCUT2D eigenvalue weighted by atomic mass is 19.1. The molecule has 0 aliphatic carbocycles. The average Bonchev–Trinajstić information content (AvgIpc) is 3.11.